The molecule has 2 aromatic carbocycles. The van der Waals surface area contributed by atoms with Gasteiger partial charge in [-0.2, -0.15) is 23.3 Å². The van der Waals surface area contributed by atoms with Crippen LogP contribution in [0.4, 0.5) is 40.8 Å². The minimum Gasteiger partial charge on any atom is -0.484 e. The molecular formula is C19H10F8N2O2. The Hall–Kier alpha value is -3.44. The van der Waals surface area contributed by atoms with E-state index < -0.39 is 53.5 Å². The van der Waals surface area contributed by atoms with Crippen LogP contribution in [0.2, 0.25) is 0 Å². The Balaban J connectivity index is 1.95. The number of halogens is 8. The van der Waals surface area contributed by atoms with Gasteiger partial charge < -0.3 is 4.74 Å². The Morgan fingerprint density at radius 3 is 2.16 bits per heavy atom. The molecule has 1 aliphatic rings. The van der Waals surface area contributed by atoms with E-state index in [2.05, 4.69) is 9.84 Å². The number of ether oxygens (including phenoxy) is 1. The number of amides is 1. The number of carbonyl (C=O) groups is 1. The maximum atomic E-state index is 14.0. The third kappa shape index (κ3) is 4.37. The Labute approximate surface area is 169 Å². The molecule has 3 rings (SSSR count). The summed E-state index contributed by atoms with van der Waals surface area (Å²) < 4.78 is 110. The first kappa shape index (κ1) is 22.2. The minimum absolute atomic E-state index is 0.0292. The number of alkyl halides is 3. The highest BCUT2D eigenvalue weighted by Gasteiger charge is 2.37. The molecule has 4 nitrogen and oxygen atoms in total. The van der Waals surface area contributed by atoms with Crippen LogP contribution in [0.1, 0.15) is 12.5 Å². The molecule has 31 heavy (non-hydrogen) atoms. The molecule has 0 bridgehead atoms. The topological polar surface area (TPSA) is 41.9 Å². The van der Waals surface area contributed by atoms with Crippen LogP contribution in [0.25, 0.3) is 6.08 Å². The lowest BCUT2D eigenvalue weighted by Crippen LogP contribution is -2.25. The first-order valence-corrected chi connectivity index (χ1v) is 8.33. The van der Waals surface area contributed by atoms with Gasteiger partial charge in [-0.25, -0.2) is 22.0 Å². The van der Waals surface area contributed by atoms with Crippen molar-refractivity contribution in [2.75, 3.05) is 11.6 Å². The number of carbonyl (C=O) groups excluding carboxylic acids is 1. The molecule has 0 atom stereocenters. The van der Waals surface area contributed by atoms with Crippen molar-refractivity contribution in [3.63, 3.8) is 0 Å². The van der Waals surface area contributed by atoms with E-state index in [4.69, 9.17) is 0 Å². The van der Waals surface area contributed by atoms with Crippen LogP contribution in [0.5, 0.6) is 5.75 Å². The number of hydrogen-bond donors (Lipinski definition) is 0. The van der Waals surface area contributed by atoms with E-state index in [0.717, 1.165) is 12.1 Å². The van der Waals surface area contributed by atoms with Crippen LogP contribution in [0.15, 0.2) is 34.9 Å². The van der Waals surface area contributed by atoms with Gasteiger partial charge in [0.05, 0.1) is 11.3 Å². The maximum absolute atomic E-state index is 14.0. The fourth-order valence-electron chi connectivity index (χ4n) is 2.64. The lowest BCUT2D eigenvalue weighted by molar-refractivity contribution is -0.153. The molecule has 164 valence electrons. The average Bonchev–Trinajstić information content (AvgIpc) is 2.97. The van der Waals surface area contributed by atoms with Crippen LogP contribution in [0.3, 0.4) is 0 Å². The predicted molar refractivity (Wildman–Crippen MR) is 92.8 cm³/mol. The third-order valence-electron chi connectivity index (χ3n) is 4.03. The van der Waals surface area contributed by atoms with Gasteiger partial charge in [0.15, 0.2) is 29.9 Å². The summed E-state index contributed by atoms with van der Waals surface area (Å²) in [5.41, 5.74) is -1.80. The molecule has 1 aliphatic heterocycles. The van der Waals surface area contributed by atoms with E-state index in [0.29, 0.717) is 0 Å². The van der Waals surface area contributed by atoms with E-state index in [1.807, 2.05) is 0 Å². The lowest BCUT2D eigenvalue weighted by atomic mass is 10.1. The highest BCUT2D eigenvalue weighted by atomic mass is 19.4. The largest absolute Gasteiger partial charge is 0.484 e. The Morgan fingerprint density at radius 1 is 1.00 bits per heavy atom. The van der Waals surface area contributed by atoms with E-state index in [-0.39, 0.29) is 27.6 Å². The number of anilines is 1. The summed E-state index contributed by atoms with van der Waals surface area (Å²) in [5.74, 6) is -12.8. The quantitative estimate of drug-likeness (QED) is 0.281. The Morgan fingerprint density at radius 2 is 1.58 bits per heavy atom. The monoisotopic (exact) mass is 450 g/mol. The van der Waals surface area contributed by atoms with Crippen LogP contribution in [-0.2, 0) is 4.79 Å². The molecule has 0 aliphatic carbocycles. The fourth-order valence-corrected chi connectivity index (χ4v) is 2.64. The van der Waals surface area contributed by atoms with Gasteiger partial charge in [-0.1, -0.05) is 12.1 Å². The van der Waals surface area contributed by atoms with Crippen LogP contribution >= 0.6 is 0 Å². The molecule has 0 saturated carbocycles. The third-order valence-corrected chi connectivity index (χ3v) is 4.03. The summed E-state index contributed by atoms with van der Waals surface area (Å²) in [4.78, 5) is 12.6. The maximum Gasteiger partial charge on any atom is 0.422 e. The van der Waals surface area contributed by atoms with Crippen molar-refractivity contribution < 1.29 is 44.7 Å². The molecule has 2 aromatic rings. The van der Waals surface area contributed by atoms with E-state index in [9.17, 15) is 39.9 Å². The van der Waals surface area contributed by atoms with Crippen molar-refractivity contribution in [1.29, 1.82) is 0 Å². The minimum atomic E-state index is -4.58. The molecule has 0 saturated heterocycles. The second-order valence-corrected chi connectivity index (χ2v) is 6.26. The number of nitrogens with zero attached hydrogens (tertiary/aromatic N) is 2. The van der Waals surface area contributed by atoms with Crippen LogP contribution < -0.4 is 9.75 Å². The smallest absolute Gasteiger partial charge is 0.422 e. The van der Waals surface area contributed by atoms with Crippen molar-refractivity contribution in [3.05, 3.63) is 64.5 Å². The molecule has 0 N–H and O–H groups in total. The van der Waals surface area contributed by atoms with Gasteiger partial charge in [-0.3, -0.25) is 4.79 Å². The zero-order valence-corrected chi connectivity index (χ0v) is 15.3. The number of hydrazone groups is 1. The molecule has 0 fully saturated rings. The second-order valence-electron chi connectivity index (χ2n) is 6.26. The number of rotatable bonds is 4. The van der Waals surface area contributed by atoms with Gasteiger partial charge in [0.25, 0.3) is 5.91 Å². The van der Waals surface area contributed by atoms with Crippen LogP contribution in [-0.4, -0.2) is 24.4 Å². The molecule has 0 spiro atoms. The summed E-state index contributed by atoms with van der Waals surface area (Å²) in [6.07, 6.45) is -3.46. The molecule has 1 amide bonds. The summed E-state index contributed by atoms with van der Waals surface area (Å²) in [7, 11) is 0. The second kappa shape index (κ2) is 8.00. The predicted octanol–water partition coefficient (Wildman–Crippen LogP) is 5.13. The lowest BCUT2D eigenvalue weighted by Gasteiger charge is -2.15. The molecule has 0 radical (unpaired) electrons. The zero-order valence-electron chi connectivity index (χ0n) is 15.3. The van der Waals surface area contributed by atoms with Crippen molar-refractivity contribution >= 4 is 23.4 Å². The highest BCUT2D eigenvalue weighted by Crippen LogP contribution is 2.34. The van der Waals surface area contributed by atoms with Gasteiger partial charge in [0.1, 0.15) is 11.4 Å². The van der Waals surface area contributed by atoms with Crippen molar-refractivity contribution in [2.24, 2.45) is 5.10 Å². The number of hydrogen-bond acceptors (Lipinski definition) is 3. The van der Waals surface area contributed by atoms with Gasteiger partial charge >= 0.3 is 6.18 Å². The average molecular weight is 450 g/mol. The van der Waals surface area contributed by atoms with Gasteiger partial charge in [0, 0.05) is 0 Å². The Bertz CT molecular complexity index is 1100. The first-order chi connectivity index (χ1) is 14.4. The molecular weight excluding hydrogens is 440 g/mol. The molecule has 0 unspecified atom stereocenters. The van der Waals surface area contributed by atoms with Gasteiger partial charge in [0.2, 0.25) is 5.82 Å². The molecule has 1 heterocycles. The summed E-state index contributed by atoms with van der Waals surface area (Å²) >= 11 is 0. The van der Waals surface area contributed by atoms with Gasteiger partial charge in [-0.15, -0.1) is 0 Å². The normalized spacial score (nSPS) is 15.6. The summed E-state index contributed by atoms with van der Waals surface area (Å²) in [6, 6.07) is 5.09. The summed E-state index contributed by atoms with van der Waals surface area (Å²) in [5, 5.41) is 3.59. The van der Waals surface area contributed by atoms with Crippen LogP contribution in [0, 0.1) is 29.1 Å². The van der Waals surface area contributed by atoms with Crippen molar-refractivity contribution in [1.82, 2.24) is 0 Å². The Kier molecular flexibility index (Phi) is 5.74. The van der Waals surface area contributed by atoms with E-state index in [1.165, 1.54) is 25.1 Å². The van der Waals surface area contributed by atoms with Gasteiger partial charge in [-0.05, 0) is 30.7 Å². The number of benzene rings is 2. The fraction of sp³-hybridized carbons (Fsp3) is 0.158. The first-order valence-electron chi connectivity index (χ1n) is 8.33. The molecule has 12 heteroatoms. The highest BCUT2D eigenvalue weighted by molar-refractivity contribution is 6.32. The summed E-state index contributed by atoms with van der Waals surface area (Å²) in [6.45, 7) is -0.319. The standard InChI is InChI=1S/C19H10F8N2O2/c1-8-11(6-9-3-2-4-10(5-9)31-7-19(25,26)27)18(30)29(28-8)17-15(23)13(21)12(20)14(22)16(17)24/h2-6H,7H2,1H3/b11-6+. The molecule has 0 aromatic heterocycles. The van der Waals surface area contributed by atoms with E-state index >= 15 is 0 Å². The SMILES string of the molecule is CC1=NN(c2c(F)c(F)c(F)c(F)c2F)C(=O)/C1=C/c1cccc(OCC(F)(F)F)c1. The zero-order chi connectivity index (χ0) is 23.1. The van der Waals surface area contributed by atoms with Crippen molar-refractivity contribution in [3.8, 4) is 5.75 Å². The van der Waals surface area contributed by atoms with Crippen molar-refractivity contribution in [2.45, 2.75) is 13.1 Å². The van der Waals surface area contributed by atoms with E-state index in [1.54, 1.807) is 0 Å².